The van der Waals surface area contributed by atoms with Crippen molar-refractivity contribution in [2.75, 3.05) is 4.90 Å². The van der Waals surface area contributed by atoms with Gasteiger partial charge in [-0.3, -0.25) is 0 Å². The van der Waals surface area contributed by atoms with Gasteiger partial charge in [0.25, 0.3) is 0 Å². The fraction of sp³-hybridized carbons (Fsp3) is 0. The number of hydrogen-bond donors (Lipinski definition) is 0. The smallest absolute Gasteiger partial charge is 0.0619 e. The van der Waals surface area contributed by atoms with Crippen molar-refractivity contribution >= 4 is 38.9 Å². The van der Waals surface area contributed by atoms with Crippen LogP contribution in [0.1, 0.15) is 0 Å². The van der Waals surface area contributed by atoms with Gasteiger partial charge >= 0.3 is 0 Å². The molecule has 9 aromatic carbocycles. The van der Waals surface area contributed by atoms with Crippen molar-refractivity contribution in [3.63, 3.8) is 0 Å². The molecular formula is C54H38N2. The Labute approximate surface area is 327 Å². The number of rotatable bonds is 8. The van der Waals surface area contributed by atoms with Crippen molar-refractivity contribution in [2.24, 2.45) is 0 Å². The highest BCUT2D eigenvalue weighted by Crippen LogP contribution is 2.41. The number of benzene rings is 9. The van der Waals surface area contributed by atoms with Gasteiger partial charge in [-0.25, -0.2) is 0 Å². The fourth-order valence-electron chi connectivity index (χ4n) is 8.06. The van der Waals surface area contributed by atoms with Crippen LogP contribution in [0.15, 0.2) is 231 Å². The first kappa shape index (κ1) is 33.2. The van der Waals surface area contributed by atoms with Crippen molar-refractivity contribution in [3.8, 4) is 50.2 Å². The third-order valence-corrected chi connectivity index (χ3v) is 10.8. The molecule has 2 nitrogen and oxygen atoms in total. The van der Waals surface area contributed by atoms with E-state index in [2.05, 4.69) is 240 Å². The summed E-state index contributed by atoms with van der Waals surface area (Å²) in [5.41, 5.74) is 16.5. The molecule has 0 aliphatic carbocycles. The zero-order valence-electron chi connectivity index (χ0n) is 30.8. The van der Waals surface area contributed by atoms with Crippen molar-refractivity contribution in [2.45, 2.75) is 0 Å². The highest BCUT2D eigenvalue weighted by molar-refractivity contribution is 6.14. The molecule has 1 aromatic heterocycles. The van der Waals surface area contributed by atoms with Crippen molar-refractivity contribution in [1.82, 2.24) is 4.57 Å². The van der Waals surface area contributed by atoms with Gasteiger partial charge in [0.05, 0.1) is 11.0 Å². The monoisotopic (exact) mass is 714 g/mol. The lowest BCUT2D eigenvalue weighted by Crippen LogP contribution is -2.09. The molecule has 0 aliphatic rings. The average Bonchev–Trinajstić information content (AvgIpc) is 3.62. The molecule has 0 bridgehead atoms. The molecule has 264 valence electrons. The first-order chi connectivity index (χ1) is 27.8. The fourth-order valence-corrected chi connectivity index (χ4v) is 8.06. The Morgan fingerprint density at radius 3 is 1.20 bits per heavy atom. The van der Waals surface area contributed by atoms with E-state index < -0.39 is 0 Å². The van der Waals surface area contributed by atoms with Crippen LogP contribution in [0.2, 0.25) is 0 Å². The maximum absolute atomic E-state index is 2.42. The summed E-state index contributed by atoms with van der Waals surface area (Å²) in [5.74, 6) is 0. The summed E-state index contributed by atoms with van der Waals surface area (Å²) in [5, 5.41) is 2.48. The normalized spacial score (nSPS) is 11.2. The van der Waals surface area contributed by atoms with Gasteiger partial charge in [-0.1, -0.05) is 170 Å². The number of hydrogen-bond acceptors (Lipinski definition) is 1. The SMILES string of the molecule is c1ccc(-c2ccc(N(c3ccc(-c4ccccc4)cc3)c3ccc(-c4ccc5c(c4)c4cccc(-c6ccccc6)c4n5-c4ccccc4)cc3)cc2)cc1. The summed E-state index contributed by atoms with van der Waals surface area (Å²) in [4.78, 5) is 2.34. The Bertz CT molecular complexity index is 2810. The van der Waals surface area contributed by atoms with Gasteiger partial charge in [-0.05, 0) is 99.6 Å². The molecule has 0 aliphatic heterocycles. The molecule has 0 unspecified atom stereocenters. The van der Waals surface area contributed by atoms with Gasteiger partial charge < -0.3 is 9.47 Å². The van der Waals surface area contributed by atoms with Crippen LogP contribution in [-0.2, 0) is 0 Å². The van der Waals surface area contributed by atoms with E-state index in [1.54, 1.807) is 0 Å². The Kier molecular flexibility index (Phi) is 8.55. The number of anilines is 3. The molecule has 0 amide bonds. The van der Waals surface area contributed by atoms with Gasteiger partial charge in [0, 0.05) is 39.1 Å². The summed E-state index contributed by atoms with van der Waals surface area (Å²) >= 11 is 0. The van der Waals surface area contributed by atoms with E-state index in [9.17, 15) is 0 Å². The zero-order chi connectivity index (χ0) is 37.3. The van der Waals surface area contributed by atoms with Crippen molar-refractivity contribution in [3.05, 3.63) is 231 Å². The van der Waals surface area contributed by atoms with Gasteiger partial charge in [-0.2, -0.15) is 0 Å². The Morgan fingerprint density at radius 2 is 0.696 bits per heavy atom. The lowest BCUT2D eigenvalue weighted by molar-refractivity contribution is 1.18. The molecule has 10 aromatic rings. The third-order valence-electron chi connectivity index (χ3n) is 10.8. The van der Waals surface area contributed by atoms with Crippen LogP contribution in [0.5, 0.6) is 0 Å². The predicted octanol–water partition coefficient (Wildman–Crippen LogP) is 14.9. The quantitative estimate of drug-likeness (QED) is 0.152. The number of fused-ring (bicyclic) bond motifs is 3. The predicted molar refractivity (Wildman–Crippen MR) is 237 cm³/mol. The van der Waals surface area contributed by atoms with E-state index in [1.807, 2.05) is 0 Å². The van der Waals surface area contributed by atoms with E-state index in [1.165, 1.54) is 66.3 Å². The second-order valence-corrected chi connectivity index (χ2v) is 14.2. The molecule has 0 saturated heterocycles. The Morgan fingerprint density at radius 1 is 0.286 bits per heavy atom. The molecule has 0 fully saturated rings. The maximum Gasteiger partial charge on any atom is 0.0619 e. The molecule has 0 spiro atoms. The summed E-state index contributed by atoms with van der Waals surface area (Å²) in [7, 11) is 0. The van der Waals surface area contributed by atoms with Crippen LogP contribution in [0.25, 0.3) is 72.0 Å². The molecule has 1 heterocycles. The molecule has 0 atom stereocenters. The number of nitrogens with zero attached hydrogens (tertiary/aromatic N) is 2. The van der Waals surface area contributed by atoms with Crippen LogP contribution in [0.4, 0.5) is 17.1 Å². The van der Waals surface area contributed by atoms with E-state index in [-0.39, 0.29) is 0 Å². The summed E-state index contributed by atoms with van der Waals surface area (Å²) in [6.07, 6.45) is 0. The maximum atomic E-state index is 2.42. The van der Waals surface area contributed by atoms with E-state index in [0.29, 0.717) is 0 Å². The molecule has 0 N–H and O–H groups in total. The summed E-state index contributed by atoms with van der Waals surface area (Å²) in [6.45, 7) is 0. The third kappa shape index (κ3) is 6.14. The van der Waals surface area contributed by atoms with Crippen LogP contribution in [-0.4, -0.2) is 4.57 Å². The average molecular weight is 715 g/mol. The summed E-state index contributed by atoms with van der Waals surface area (Å²) < 4.78 is 2.42. The standard InChI is InChI=1S/C54H38N2/c1-5-14-39(15-6-1)41-24-31-47(32-25-41)55(48-33-26-42(27-34-48)40-16-7-2-8-17-40)49-35-28-43(29-36-49)45-30-37-53-52(38-45)51-23-13-22-50(44-18-9-3-10-19-44)54(51)56(53)46-20-11-4-12-21-46/h1-38H. The van der Waals surface area contributed by atoms with Crippen LogP contribution in [0.3, 0.4) is 0 Å². The van der Waals surface area contributed by atoms with E-state index >= 15 is 0 Å². The number of para-hydroxylation sites is 2. The van der Waals surface area contributed by atoms with Gasteiger partial charge in [0.2, 0.25) is 0 Å². The highest BCUT2D eigenvalue weighted by atomic mass is 15.1. The lowest BCUT2D eigenvalue weighted by Gasteiger charge is -2.26. The molecule has 10 rings (SSSR count). The number of aromatic nitrogens is 1. The molecule has 0 radical (unpaired) electrons. The first-order valence-corrected chi connectivity index (χ1v) is 19.2. The molecule has 2 heteroatoms. The first-order valence-electron chi connectivity index (χ1n) is 19.2. The molecular weight excluding hydrogens is 677 g/mol. The van der Waals surface area contributed by atoms with Gasteiger partial charge in [0.1, 0.15) is 0 Å². The zero-order valence-corrected chi connectivity index (χ0v) is 30.8. The molecule has 56 heavy (non-hydrogen) atoms. The minimum absolute atomic E-state index is 1.10. The van der Waals surface area contributed by atoms with Crippen molar-refractivity contribution < 1.29 is 0 Å². The second kappa shape index (κ2) is 14.4. The highest BCUT2D eigenvalue weighted by Gasteiger charge is 2.18. The summed E-state index contributed by atoms with van der Waals surface area (Å²) in [6, 6.07) is 82.9. The van der Waals surface area contributed by atoms with E-state index in [4.69, 9.17) is 0 Å². The lowest BCUT2D eigenvalue weighted by atomic mass is 10.00. The van der Waals surface area contributed by atoms with Gasteiger partial charge in [-0.15, -0.1) is 0 Å². The van der Waals surface area contributed by atoms with E-state index in [0.717, 1.165) is 22.7 Å². The van der Waals surface area contributed by atoms with Crippen LogP contribution < -0.4 is 4.90 Å². The van der Waals surface area contributed by atoms with Crippen LogP contribution >= 0.6 is 0 Å². The Balaban J connectivity index is 1.06. The largest absolute Gasteiger partial charge is 0.311 e. The molecule has 0 saturated carbocycles. The minimum Gasteiger partial charge on any atom is -0.311 e. The second-order valence-electron chi connectivity index (χ2n) is 14.2. The minimum atomic E-state index is 1.10. The van der Waals surface area contributed by atoms with Crippen LogP contribution in [0, 0.1) is 0 Å². The topological polar surface area (TPSA) is 8.17 Å². The van der Waals surface area contributed by atoms with Crippen molar-refractivity contribution in [1.29, 1.82) is 0 Å². The Hall–Kier alpha value is -7.42. The van der Waals surface area contributed by atoms with Gasteiger partial charge in [0.15, 0.2) is 0 Å².